The summed E-state index contributed by atoms with van der Waals surface area (Å²) >= 11 is 0. The zero-order chi connectivity index (χ0) is 20.4. The first kappa shape index (κ1) is 18.7. The smallest absolute Gasteiger partial charge is 0.265 e. The van der Waals surface area contributed by atoms with E-state index in [2.05, 4.69) is 10.6 Å². The molecule has 3 aromatic carbocycles. The number of anilines is 2. The van der Waals surface area contributed by atoms with Crippen LogP contribution in [0.25, 0.3) is 10.8 Å². The second-order valence-electron chi connectivity index (χ2n) is 6.99. The number of carbonyl (C=O) groups excluding carboxylic acids is 3. The van der Waals surface area contributed by atoms with Crippen molar-refractivity contribution in [3.63, 3.8) is 0 Å². The normalized spacial score (nSPS) is 15.2. The van der Waals surface area contributed by atoms with Gasteiger partial charge in [0.15, 0.2) is 11.9 Å². The number of hydrogen-bond acceptors (Lipinski definition) is 4. The fourth-order valence-electron chi connectivity index (χ4n) is 3.24. The molecular weight excluding hydrogens is 368 g/mol. The molecule has 0 saturated carbocycles. The Bertz CT molecular complexity index is 1120. The average molecular weight is 388 g/mol. The lowest BCUT2D eigenvalue weighted by Gasteiger charge is -2.23. The van der Waals surface area contributed by atoms with E-state index in [0.29, 0.717) is 22.7 Å². The molecule has 29 heavy (non-hydrogen) atoms. The van der Waals surface area contributed by atoms with E-state index >= 15 is 0 Å². The van der Waals surface area contributed by atoms with Crippen molar-refractivity contribution in [1.82, 2.24) is 0 Å². The van der Waals surface area contributed by atoms with Crippen molar-refractivity contribution < 1.29 is 19.1 Å². The summed E-state index contributed by atoms with van der Waals surface area (Å²) in [6.45, 7) is 1.67. The molecule has 2 amide bonds. The van der Waals surface area contributed by atoms with E-state index in [0.717, 1.165) is 10.8 Å². The Kier molecular flexibility index (Phi) is 4.99. The van der Waals surface area contributed by atoms with Crippen molar-refractivity contribution in [1.29, 1.82) is 0 Å². The third-order valence-electron chi connectivity index (χ3n) is 4.84. The van der Waals surface area contributed by atoms with Crippen LogP contribution >= 0.6 is 0 Å². The monoisotopic (exact) mass is 388 g/mol. The highest BCUT2D eigenvalue weighted by molar-refractivity contribution is 6.03. The molecule has 6 heteroatoms. The summed E-state index contributed by atoms with van der Waals surface area (Å²) in [6, 6.07) is 18.4. The predicted octanol–water partition coefficient (Wildman–Crippen LogP) is 4.16. The van der Waals surface area contributed by atoms with Gasteiger partial charge in [-0.25, -0.2) is 0 Å². The lowest BCUT2D eigenvalue weighted by atomic mass is 10.0. The fraction of sp³-hybridized carbons (Fsp3) is 0.174. The van der Waals surface area contributed by atoms with Crippen LogP contribution in [0.5, 0.6) is 5.75 Å². The van der Waals surface area contributed by atoms with Gasteiger partial charge in [-0.2, -0.15) is 0 Å². The van der Waals surface area contributed by atoms with Crippen LogP contribution in [0.15, 0.2) is 60.7 Å². The Morgan fingerprint density at radius 3 is 2.62 bits per heavy atom. The Morgan fingerprint density at radius 2 is 1.79 bits per heavy atom. The quantitative estimate of drug-likeness (QED) is 0.643. The third kappa shape index (κ3) is 4.11. The molecule has 0 unspecified atom stereocenters. The van der Waals surface area contributed by atoms with E-state index in [-0.39, 0.29) is 30.4 Å². The summed E-state index contributed by atoms with van der Waals surface area (Å²) < 4.78 is 5.49. The van der Waals surface area contributed by atoms with Gasteiger partial charge in [0.2, 0.25) is 5.91 Å². The van der Waals surface area contributed by atoms with Crippen LogP contribution in [-0.2, 0) is 9.59 Å². The lowest BCUT2D eigenvalue weighted by molar-refractivity contribution is -0.122. The molecule has 1 heterocycles. The SMILES string of the molecule is C[C@@H]1Oc2ccc(NC(=O)CCC(=O)c3ccc4ccccc4c3)cc2NC1=O. The minimum Gasteiger partial charge on any atom is -0.479 e. The standard InChI is InChI=1S/C23H20N2O4/c1-14-23(28)25-19-13-18(8-10-21(19)29-14)24-22(27)11-9-20(26)17-7-6-15-4-2-3-5-16(15)12-17/h2-8,10,12-14H,9,11H2,1H3,(H,24,27)(H,25,28)/t14-/m0/s1. The van der Waals surface area contributed by atoms with Gasteiger partial charge in [-0.15, -0.1) is 0 Å². The number of fused-ring (bicyclic) bond motifs is 2. The van der Waals surface area contributed by atoms with Gasteiger partial charge in [0.25, 0.3) is 5.91 Å². The van der Waals surface area contributed by atoms with Crippen molar-refractivity contribution in [3.8, 4) is 5.75 Å². The molecule has 4 rings (SSSR count). The van der Waals surface area contributed by atoms with Crippen LogP contribution in [-0.4, -0.2) is 23.7 Å². The molecule has 1 aliphatic rings. The largest absolute Gasteiger partial charge is 0.479 e. The topological polar surface area (TPSA) is 84.5 Å². The highest BCUT2D eigenvalue weighted by atomic mass is 16.5. The van der Waals surface area contributed by atoms with E-state index in [1.807, 2.05) is 36.4 Å². The summed E-state index contributed by atoms with van der Waals surface area (Å²) in [6.07, 6.45) is -0.362. The molecular formula is C23H20N2O4. The summed E-state index contributed by atoms with van der Waals surface area (Å²) in [4.78, 5) is 36.4. The Hall–Kier alpha value is -3.67. The maximum absolute atomic E-state index is 12.5. The van der Waals surface area contributed by atoms with Crippen LogP contribution in [0.2, 0.25) is 0 Å². The molecule has 1 atom stereocenters. The molecule has 3 aromatic rings. The Balaban J connectivity index is 1.36. The summed E-state index contributed by atoms with van der Waals surface area (Å²) in [5.41, 5.74) is 1.64. The highest BCUT2D eigenvalue weighted by Crippen LogP contribution is 2.32. The molecule has 0 radical (unpaired) electrons. The number of nitrogens with one attached hydrogen (secondary N) is 2. The van der Waals surface area contributed by atoms with E-state index in [9.17, 15) is 14.4 Å². The second-order valence-corrected chi connectivity index (χ2v) is 6.99. The number of rotatable bonds is 5. The first-order chi connectivity index (χ1) is 14.0. The molecule has 6 nitrogen and oxygen atoms in total. The number of carbonyl (C=O) groups is 3. The van der Waals surface area contributed by atoms with Crippen molar-refractivity contribution >= 4 is 39.7 Å². The molecule has 1 aliphatic heterocycles. The molecule has 2 N–H and O–H groups in total. The molecule has 0 aliphatic carbocycles. The second kappa shape index (κ2) is 7.75. The van der Waals surface area contributed by atoms with Crippen molar-refractivity contribution in [3.05, 3.63) is 66.2 Å². The van der Waals surface area contributed by atoms with E-state index < -0.39 is 6.10 Å². The predicted molar refractivity (Wildman–Crippen MR) is 111 cm³/mol. The first-order valence-electron chi connectivity index (χ1n) is 9.43. The maximum Gasteiger partial charge on any atom is 0.265 e. The van der Waals surface area contributed by atoms with Gasteiger partial charge in [-0.3, -0.25) is 14.4 Å². The number of benzene rings is 3. The van der Waals surface area contributed by atoms with Gasteiger partial charge < -0.3 is 15.4 Å². The minimum absolute atomic E-state index is 0.0721. The van der Waals surface area contributed by atoms with Gasteiger partial charge >= 0.3 is 0 Å². The third-order valence-corrected chi connectivity index (χ3v) is 4.84. The van der Waals surface area contributed by atoms with Crippen LogP contribution in [0, 0.1) is 0 Å². The summed E-state index contributed by atoms with van der Waals surface area (Å²) in [5, 5.41) is 7.56. The molecule has 0 fully saturated rings. The molecule has 0 bridgehead atoms. The highest BCUT2D eigenvalue weighted by Gasteiger charge is 2.23. The number of amides is 2. The zero-order valence-corrected chi connectivity index (χ0v) is 15.9. The van der Waals surface area contributed by atoms with Crippen LogP contribution in [0.4, 0.5) is 11.4 Å². The fourth-order valence-corrected chi connectivity index (χ4v) is 3.24. The van der Waals surface area contributed by atoms with Crippen LogP contribution < -0.4 is 15.4 Å². The first-order valence-corrected chi connectivity index (χ1v) is 9.43. The maximum atomic E-state index is 12.5. The van der Waals surface area contributed by atoms with Crippen LogP contribution in [0.3, 0.4) is 0 Å². The zero-order valence-electron chi connectivity index (χ0n) is 15.9. The summed E-state index contributed by atoms with van der Waals surface area (Å²) in [5.74, 6) is -0.0231. The van der Waals surface area contributed by atoms with Crippen LogP contribution in [0.1, 0.15) is 30.1 Å². The average Bonchev–Trinajstić information content (AvgIpc) is 2.72. The van der Waals surface area contributed by atoms with Gasteiger partial charge in [-0.1, -0.05) is 36.4 Å². The number of Topliss-reactive ketones (excluding diaryl/α,β-unsaturated/α-hetero) is 1. The van der Waals surface area contributed by atoms with E-state index in [1.54, 1.807) is 31.2 Å². The van der Waals surface area contributed by atoms with E-state index in [1.165, 1.54) is 0 Å². The van der Waals surface area contributed by atoms with Gasteiger partial charge in [0.1, 0.15) is 5.75 Å². The van der Waals surface area contributed by atoms with Gasteiger partial charge in [0, 0.05) is 24.1 Å². The van der Waals surface area contributed by atoms with Gasteiger partial charge in [0.05, 0.1) is 5.69 Å². The summed E-state index contributed by atoms with van der Waals surface area (Å²) in [7, 11) is 0. The Labute approximate surface area is 167 Å². The van der Waals surface area contributed by atoms with Crippen molar-refractivity contribution in [2.75, 3.05) is 10.6 Å². The molecule has 0 spiro atoms. The number of ketones is 1. The molecule has 0 saturated heterocycles. The Morgan fingerprint density at radius 1 is 1.00 bits per heavy atom. The van der Waals surface area contributed by atoms with E-state index in [4.69, 9.17) is 4.74 Å². The van der Waals surface area contributed by atoms with Crippen molar-refractivity contribution in [2.45, 2.75) is 25.9 Å². The number of hydrogen-bond donors (Lipinski definition) is 2. The molecule has 0 aromatic heterocycles. The van der Waals surface area contributed by atoms with Crippen molar-refractivity contribution in [2.24, 2.45) is 0 Å². The number of ether oxygens (including phenoxy) is 1. The minimum atomic E-state index is -0.552. The lowest BCUT2D eigenvalue weighted by Crippen LogP contribution is -2.34. The molecule has 146 valence electrons. The van der Waals surface area contributed by atoms with Gasteiger partial charge in [-0.05, 0) is 42.0 Å².